The second kappa shape index (κ2) is 5.79. The lowest BCUT2D eigenvalue weighted by molar-refractivity contribution is -0.256. The van der Waals surface area contributed by atoms with E-state index < -0.39 is 5.79 Å². The van der Waals surface area contributed by atoms with Crippen LogP contribution < -0.4 is 5.43 Å². The molecule has 1 aromatic heterocycles. The highest BCUT2D eigenvalue weighted by molar-refractivity contribution is 5.80. The van der Waals surface area contributed by atoms with Crippen molar-refractivity contribution in [3.8, 4) is 0 Å². The molecule has 0 radical (unpaired) electrons. The largest absolute Gasteiger partial charge is 0.463 e. The minimum absolute atomic E-state index is 0.114. The average molecular weight is 252 g/mol. The first kappa shape index (κ1) is 12.8. The number of hydrogen-bond acceptors (Lipinski definition) is 5. The van der Waals surface area contributed by atoms with Gasteiger partial charge < -0.3 is 13.9 Å². The van der Waals surface area contributed by atoms with Gasteiger partial charge in [0.1, 0.15) is 5.76 Å². The maximum absolute atomic E-state index is 11.6. The molecule has 0 bridgehead atoms. The lowest BCUT2D eigenvalue weighted by Crippen LogP contribution is -2.41. The van der Waals surface area contributed by atoms with E-state index in [0.717, 1.165) is 6.42 Å². The summed E-state index contributed by atoms with van der Waals surface area (Å²) in [5, 5.41) is 3.78. The molecule has 0 aliphatic carbocycles. The minimum Gasteiger partial charge on any atom is -0.463 e. The van der Waals surface area contributed by atoms with Crippen LogP contribution in [0.4, 0.5) is 0 Å². The van der Waals surface area contributed by atoms with E-state index >= 15 is 0 Å². The number of furan rings is 1. The average Bonchev–Trinajstić information content (AvgIpc) is 2.82. The Morgan fingerprint density at radius 1 is 1.56 bits per heavy atom. The maximum atomic E-state index is 11.6. The Balaban J connectivity index is 1.78. The number of carbonyl (C=O) groups is 1. The maximum Gasteiger partial charge on any atom is 0.245 e. The van der Waals surface area contributed by atoms with Crippen molar-refractivity contribution in [2.24, 2.45) is 5.10 Å². The molecule has 1 fully saturated rings. The van der Waals surface area contributed by atoms with Gasteiger partial charge in [0.15, 0.2) is 5.79 Å². The van der Waals surface area contributed by atoms with Crippen LogP contribution in [0, 0.1) is 0 Å². The van der Waals surface area contributed by atoms with Crippen LogP contribution in [-0.2, 0) is 14.3 Å². The summed E-state index contributed by atoms with van der Waals surface area (Å²) in [4.78, 5) is 11.6. The lowest BCUT2D eigenvalue weighted by atomic mass is 10.2. The van der Waals surface area contributed by atoms with Crippen LogP contribution in [0.15, 0.2) is 27.9 Å². The quantitative estimate of drug-likeness (QED) is 0.647. The molecule has 1 saturated heterocycles. The third-order valence-corrected chi connectivity index (χ3v) is 2.51. The van der Waals surface area contributed by atoms with Gasteiger partial charge in [0, 0.05) is 0 Å². The SMILES string of the molecule is CC1(CC(=O)N/N=C/c2ccco2)OCCCO1. The Morgan fingerprint density at radius 2 is 2.33 bits per heavy atom. The molecule has 1 amide bonds. The van der Waals surface area contributed by atoms with Crippen LogP contribution in [0.5, 0.6) is 0 Å². The molecule has 1 aromatic rings. The minimum atomic E-state index is -0.845. The molecule has 0 unspecified atom stereocenters. The number of carbonyl (C=O) groups excluding carboxylic acids is 1. The predicted octanol–water partition coefficient (Wildman–Crippen LogP) is 1.27. The van der Waals surface area contributed by atoms with Crippen molar-refractivity contribution in [1.29, 1.82) is 0 Å². The molecule has 0 aromatic carbocycles. The fourth-order valence-electron chi connectivity index (χ4n) is 1.64. The van der Waals surface area contributed by atoms with Crippen molar-refractivity contribution in [2.45, 2.75) is 25.6 Å². The predicted molar refractivity (Wildman–Crippen MR) is 64.0 cm³/mol. The Kier molecular flexibility index (Phi) is 4.11. The zero-order chi connectivity index (χ0) is 12.8. The zero-order valence-electron chi connectivity index (χ0n) is 10.2. The Morgan fingerprint density at radius 3 is 3.00 bits per heavy atom. The highest BCUT2D eigenvalue weighted by Gasteiger charge is 2.31. The summed E-state index contributed by atoms with van der Waals surface area (Å²) in [6.07, 6.45) is 3.94. The first-order chi connectivity index (χ1) is 8.68. The number of hydrazone groups is 1. The van der Waals surface area contributed by atoms with Crippen molar-refractivity contribution in [3.63, 3.8) is 0 Å². The van der Waals surface area contributed by atoms with Crippen molar-refractivity contribution < 1.29 is 18.7 Å². The smallest absolute Gasteiger partial charge is 0.245 e. The van der Waals surface area contributed by atoms with Gasteiger partial charge in [-0.2, -0.15) is 5.10 Å². The second-order valence-electron chi connectivity index (χ2n) is 4.17. The topological polar surface area (TPSA) is 73.1 Å². The van der Waals surface area contributed by atoms with Gasteiger partial charge in [0.2, 0.25) is 5.91 Å². The third kappa shape index (κ3) is 3.68. The molecular formula is C12H16N2O4. The number of amides is 1. The molecule has 2 heterocycles. The molecule has 0 atom stereocenters. The molecule has 6 heteroatoms. The summed E-state index contributed by atoms with van der Waals surface area (Å²) in [6.45, 7) is 2.97. The van der Waals surface area contributed by atoms with Crippen molar-refractivity contribution in [3.05, 3.63) is 24.2 Å². The third-order valence-electron chi connectivity index (χ3n) is 2.51. The Hall–Kier alpha value is -1.66. The van der Waals surface area contributed by atoms with Gasteiger partial charge in [-0.3, -0.25) is 4.79 Å². The first-order valence-corrected chi connectivity index (χ1v) is 5.81. The summed E-state index contributed by atoms with van der Waals surface area (Å²) in [5.41, 5.74) is 2.40. The number of rotatable bonds is 4. The van der Waals surface area contributed by atoms with Crippen molar-refractivity contribution in [2.75, 3.05) is 13.2 Å². The summed E-state index contributed by atoms with van der Waals surface area (Å²) in [7, 11) is 0. The highest BCUT2D eigenvalue weighted by atomic mass is 16.7. The monoisotopic (exact) mass is 252 g/mol. The van der Waals surface area contributed by atoms with E-state index in [1.165, 1.54) is 12.5 Å². The molecule has 0 spiro atoms. The standard InChI is InChI=1S/C12H16N2O4/c1-12(17-6-3-7-18-12)8-11(15)14-13-9-10-4-2-5-16-10/h2,4-5,9H,3,6-8H2,1H3,(H,14,15)/b13-9+. The molecule has 1 aliphatic heterocycles. The number of nitrogens with one attached hydrogen (secondary N) is 1. The summed E-state index contributed by atoms with van der Waals surface area (Å²) >= 11 is 0. The molecule has 1 N–H and O–H groups in total. The van der Waals surface area contributed by atoms with Crippen molar-refractivity contribution in [1.82, 2.24) is 5.43 Å². The molecule has 2 rings (SSSR count). The molecular weight excluding hydrogens is 236 g/mol. The van der Waals surface area contributed by atoms with E-state index in [-0.39, 0.29) is 12.3 Å². The Labute approximate surface area is 105 Å². The summed E-state index contributed by atoms with van der Waals surface area (Å²) < 4.78 is 15.9. The number of nitrogens with zero attached hydrogens (tertiary/aromatic N) is 1. The molecule has 98 valence electrons. The van der Waals surface area contributed by atoms with Crippen LogP contribution in [0.1, 0.15) is 25.5 Å². The van der Waals surface area contributed by atoms with Gasteiger partial charge in [0.25, 0.3) is 0 Å². The van der Waals surface area contributed by atoms with Gasteiger partial charge >= 0.3 is 0 Å². The van der Waals surface area contributed by atoms with Crippen LogP contribution in [-0.4, -0.2) is 31.1 Å². The van der Waals surface area contributed by atoms with Crippen LogP contribution >= 0.6 is 0 Å². The second-order valence-corrected chi connectivity index (χ2v) is 4.17. The summed E-state index contributed by atoms with van der Waals surface area (Å²) in [5.74, 6) is -0.531. The van der Waals surface area contributed by atoms with Crippen LogP contribution in [0.3, 0.4) is 0 Å². The highest BCUT2D eigenvalue weighted by Crippen LogP contribution is 2.21. The molecule has 1 aliphatic rings. The molecule has 18 heavy (non-hydrogen) atoms. The van der Waals surface area contributed by atoms with Gasteiger partial charge in [-0.25, -0.2) is 5.43 Å². The van der Waals surface area contributed by atoms with Gasteiger partial charge in [0.05, 0.1) is 32.1 Å². The van der Waals surface area contributed by atoms with Crippen LogP contribution in [0.2, 0.25) is 0 Å². The first-order valence-electron chi connectivity index (χ1n) is 5.81. The number of hydrogen-bond donors (Lipinski definition) is 1. The van der Waals surface area contributed by atoms with E-state index in [2.05, 4.69) is 10.5 Å². The van der Waals surface area contributed by atoms with E-state index in [1.807, 2.05) is 0 Å². The van der Waals surface area contributed by atoms with E-state index in [4.69, 9.17) is 13.9 Å². The number of ether oxygens (including phenoxy) is 2. The van der Waals surface area contributed by atoms with Crippen LogP contribution in [0.25, 0.3) is 0 Å². The lowest BCUT2D eigenvalue weighted by Gasteiger charge is -2.33. The fourth-order valence-corrected chi connectivity index (χ4v) is 1.64. The van der Waals surface area contributed by atoms with E-state index in [0.29, 0.717) is 19.0 Å². The fraction of sp³-hybridized carbons (Fsp3) is 0.500. The molecule has 6 nitrogen and oxygen atoms in total. The van der Waals surface area contributed by atoms with Gasteiger partial charge in [-0.05, 0) is 25.5 Å². The van der Waals surface area contributed by atoms with Gasteiger partial charge in [-0.15, -0.1) is 0 Å². The Bertz CT molecular complexity index is 408. The molecule has 0 saturated carbocycles. The van der Waals surface area contributed by atoms with E-state index in [9.17, 15) is 4.79 Å². The summed E-state index contributed by atoms with van der Waals surface area (Å²) in [6, 6.07) is 3.48. The van der Waals surface area contributed by atoms with Gasteiger partial charge in [-0.1, -0.05) is 0 Å². The van der Waals surface area contributed by atoms with E-state index in [1.54, 1.807) is 19.1 Å². The zero-order valence-corrected chi connectivity index (χ0v) is 10.2. The van der Waals surface area contributed by atoms with Crippen molar-refractivity contribution >= 4 is 12.1 Å². The normalized spacial score (nSPS) is 18.9.